The van der Waals surface area contributed by atoms with Crippen LogP contribution in [0.2, 0.25) is 0 Å². The fourth-order valence-electron chi connectivity index (χ4n) is 2.03. The molecule has 106 valence electrons. The molecular weight excluding hydrogens is 256 g/mol. The molecule has 1 fully saturated rings. The van der Waals surface area contributed by atoms with Gasteiger partial charge in [0.15, 0.2) is 0 Å². The summed E-state index contributed by atoms with van der Waals surface area (Å²) in [4.78, 5) is 25.0. The van der Waals surface area contributed by atoms with Gasteiger partial charge < -0.3 is 15.4 Å². The van der Waals surface area contributed by atoms with Gasteiger partial charge in [-0.25, -0.2) is 0 Å². The highest BCUT2D eigenvalue weighted by molar-refractivity contribution is 5.85. The number of halogens is 1. The molecule has 18 heavy (non-hydrogen) atoms. The van der Waals surface area contributed by atoms with Crippen molar-refractivity contribution in [1.82, 2.24) is 4.90 Å². The molecule has 1 unspecified atom stereocenters. The topological polar surface area (TPSA) is 72.6 Å². The average molecular weight is 279 g/mol. The molecule has 0 spiro atoms. The predicted octanol–water partition coefficient (Wildman–Crippen LogP) is 0.947. The zero-order valence-electron chi connectivity index (χ0n) is 11.1. The Morgan fingerprint density at radius 2 is 1.94 bits per heavy atom. The first-order valence-corrected chi connectivity index (χ1v) is 6.24. The Bertz CT molecular complexity index is 276. The smallest absolute Gasteiger partial charge is 0.309 e. The van der Waals surface area contributed by atoms with Gasteiger partial charge in [-0.05, 0) is 26.7 Å². The second-order valence-corrected chi connectivity index (χ2v) is 4.59. The normalized spacial score (nSPS) is 17.8. The maximum atomic E-state index is 11.7. The van der Waals surface area contributed by atoms with Crippen LogP contribution in [0, 0.1) is 5.92 Å². The maximum Gasteiger partial charge on any atom is 0.309 e. The summed E-state index contributed by atoms with van der Waals surface area (Å²) in [6, 6.07) is -0.106. The molecule has 0 aromatic heterocycles. The van der Waals surface area contributed by atoms with Crippen molar-refractivity contribution in [3.8, 4) is 0 Å². The van der Waals surface area contributed by atoms with Crippen molar-refractivity contribution >= 4 is 24.3 Å². The van der Waals surface area contributed by atoms with Crippen LogP contribution < -0.4 is 5.73 Å². The molecule has 0 bridgehead atoms. The van der Waals surface area contributed by atoms with Crippen LogP contribution in [0.5, 0.6) is 0 Å². The molecule has 1 atom stereocenters. The SMILES string of the molecule is CCOC(=O)C1CCN(C(=O)CC(C)N)CC1.Cl. The van der Waals surface area contributed by atoms with Crippen molar-refractivity contribution in [2.45, 2.75) is 39.2 Å². The summed E-state index contributed by atoms with van der Waals surface area (Å²) >= 11 is 0. The second kappa shape index (κ2) is 8.32. The summed E-state index contributed by atoms with van der Waals surface area (Å²) < 4.78 is 4.98. The van der Waals surface area contributed by atoms with Gasteiger partial charge in [0, 0.05) is 25.6 Å². The highest BCUT2D eigenvalue weighted by atomic mass is 35.5. The zero-order valence-corrected chi connectivity index (χ0v) is 11.9. The quantitative estimate of drug-likeness (QED) is 0.777. The summed E-state index contributed by atoms with van der Waals surface area (Å²) in [5, 5.41) is 0. The Kier molecular flexibility index (Phi) is 7.95. The van der Waals surface area contributed by atoms with Gasteiger partial charge in [-0.1, -0.05) is 0 Å². The van der Waals surface area contributed by atoms with E-state index in [0.29, 0.717) is 39.0 Å². The lowest BCUT2D eigenvalue weighted by Crippen LogP contribution is -2.42. The molecule has 5 nitrogen and oxygen atoms in total. The molecule has 0 saturated carbocycles. The fourth-order valence-corrected chi connectivity index (χ4v) is 2.03. The zero-order chi connectivity index (χ0) is 12.8. The Balaban J connectivity index is 0.00000289. The molecule has 6 heteroatoms. The Morgan fingerprint density at radius 1 is 1.39 bits per heavy atom. The van der Waals surface area contributed by atoms with Crippen molar-refractivity contribution in [2.75, 3.05) is 19.7 Å². The highest BCUT2D eigenvalue weighted by Crippen LogP contribution is 2.19. The number of hydrogen-bond donors (Lipinski definition) is 1. The van der Waals surface area contributed by atoms with Crippen LogP contribution >= 0.6 is 12.4 Å². The van der Waals surface area contributed by atoms with Gasteiger partial charge in [-0.15, -0.1) is 12.4 Å². The van der Waals surface area contributed by atoms with Crippen molar-refractivity contribution in [2.24, 2.45) is 11.7 Å². The van der Waals surface area contributed by atoms with Gasteiger partial charge in [-0.2, -0.15) is 0 Å². The van der Waals surface area contributed by atoms with Gasteiger partial charge in [0.05, 0.1) is 12.5 Å². The minimum Gasteiger partial charge on any atom is -0.466 e. The van der Waals surface area contributed by atoms with E-state index in [4.69, 9.17) is 10.5 Å². The molecule has 0 aliphatic carbocycles. The molecule has 1 amide bonds. The number of rotatable bonds is 4. The number of carbonyl (C=O) groups excluding carboxylic acids is 2. The first-order chi connectivity index (χ1) is 8.04. The standard InChI is InChI=1S/C12H22N2O3.ClH/c1-3-17-12(16)10-4-6-14(7-5-10)11(15)8-9(2)13;/h9-10H,3-8,13H2,1-2H3;1H. The average Bonchev–Trinajstić information content (AvgIpc) is 2.28. The van der Waals surface area contributed by atoms with Gasteiger partial charge in [0.1, 0.15) is 0 Å². The summed E-state index contributed by atoms with van der Waals surface area (Å²) in [6.45, 7) is 5.31. The third-order valence-corrected chi connectivity index (χ3v) is 2.96. The van der Waals surface area contributed by atoms with Crippen molar-refractivity contribution in [3.05, 3.63) is 0 Å². The molecule has 1 heterocycles. The maximum absolute atomic E-state index is 11.7. The molecule has 2 N–H and O–H groups in total. The number of esters is 1. The van der Waals surface area contributed by atoms with Crippen LogP contribution in [-0.4, -0.2) is 42.5 Å². The minimum absolute atomic E-state index is 0. The molecular formula is C12H23ClN2O3. The molecule has 0 aromatic rings. The lowest BCUT2D eigenvalue weighted by Gasteiger charge is -2.31. The molecule has 1 rings (SSSR count). The first kappa shape index (κ1) is 17.2. The first-order valence-electron chi connectivity index (χ1n) is 6.24. The predicted molar refractivity (Wildman–Crippen MR) is 71.5 cm³/mol. The fraction of sp³-hybridized carbons (Fsp3) is 0.833. The number of likely N-dealkylation sites (tertiary alicyclic amines) is 1. The molecule has 1 saturated heterocycles. The lowest BCUT2D eigenvalue weighted by atomic mass is 9.96. The Hall–Kier alpha value is -0.810. The number of piperidine rings is 1. The van der Waals surface area contributed by atoms with Crippen molar-refractivity contribution in [1.29, 1.82) is 0 Å². The Morgan fingerprint density at radius 3 is 2.39 bits per heavy atom. The van der Waals surface area contributed by atoms with E-state index in [1.54, 1.807) is 11.8 Å². The van der Waals surface area contributed by atoms with Gasteiger partial charge in [0.2, 0.25) is 5.91 Å². The van der Waals surface area contributed by atoms with E-state index in [2.05, 4.69) is 0 Å². The van der Waals surface area contributed by atoms with Crippen LogP contribution in [0.4, 0.5) is 0 Å². The monoisotopic (exact) mass is 278 g/mol. The van der Waals surface area contributed by atoms with E-state index in [-0.39, 0.29) is 36.2 Å². The van der Waals surface area contributed by atoms with Crippen LogP contribution in [0.15, 0.2) is 0 Å². The van der Waals surface area contributed by atoms with Crippen LogP contribution in [0.25, 0.3) is 0 Å². The van der Waals surface area contributed by atoms with Gasteiger partial charge in [-0.3, -0.25) is 9.59 Å². The summed E-state index contributed by atoms with van der Waals surface area (Å²) in [5.74, 6) is -0.0941. The summed E-state index contributed by atoms with van der Waals surface area (Å²) in [6.07, 6.45) is 1.77. The number of amides is 1. The highest BCUT2D eigenvalue weighted by Gasteiger charge is 2.28. The Labute approximate surface area is 114 Å². The van der Waals surface area contributed by atoms with Gasteiger partial charge >= 0.3 is 5.97 Å². The van der Waals surface area contributed by atoms with Crippen molar-refractivity contribution < 1.29 is 14.3 Å². The van der Waals surface area contributed by atoms with E-state index in [9.17, 15) is 9.59 Å². The number of hydrogen-bond acceptors (Lipinski definition) is 4. The third kappa shape index (κ3) is 5.23. The van der Waals surface area contributed by atoms with E-state index in [1.165, 1.54) is 0 Å². The summed E-state index contributed by atoms with van der Waals surface area (Å²) in [7, 11) is 0. The molecule has 1 aliphatic rings. The van der Waals surface area contributed by atoms with Crippen LogP contribution in [-0.2, 0) is 14.3 Å². The van der Waals surface area contributed by atoms with E-state index in [1.807, 2.05) is 6.92 Å². The molecule has 0 radical (unpaired) electrons. The molecule has 0 aromatic carbocycles. The third-order valence-electron chi connectivity index (χ3n) is 2.96. The molecule has 1 aliphatic heterocycles. The second-order valence-electron chi connectivity index (χ2n) is 4.59. The largest absolute Gasteiger partial charge is 0.466 e. The number of ether oxygens (including phenoxy) is 1. The van der Waals surface area contributed by atoms with Crippen LogP contribution in [0.3, 0.4) is 0 Å². The van der Waals surface area contributed by atoms with Crippen LogP contribution in [0.1, 0.15) is 33.1 Å². The van der Waals surface area contributed by atoms with E-state index < -0.39 is 0 Å². The minimum atomic E-state index is -0.133. The number of nitrogens with zero attached hydrogens (tertiary/aromatic N) is 1. The lowest BCUT2D eigenvalue weighted by molar-refractivity contribution is -0.151. The van der Waals surface area contributed by atoms with Gasteiger partial charge in [0.25, 0.3) is 0 Å². The van der Waals surface area contributed by atoms with E-state index in [0.717, 1.165) is 0 Å². The summed E-state index contributed by atoms with van der Waals surface area (Å²) in [5.41, 5.74) is 5.59. The van der Waals surface area contributed by atoms with Crippen molar-refractivity contribution in [3.63, 3.8) is 0 Å². The number of nitrogens with two attached hydrogens (primary N) is 1. The number of carbonyl (C=O) groups is 2. The van der Waals surface area contributed by atoms with E-state index >= 15 is 0 Å².